The Balaban J connectivity index is 1.38. The molecule has 2 fully saturated rings. The third kappa shape index (κ3) is 3.04. The van der Waals surface area contributed by atoms with Crippen LogP contribution in [0, 0.1) is 6.92 Å². The number of carbonyl (C=O) groups is 1. The zero-order chi connectivity index (χ0) is 17.3. The van der Waals surface area contributed by atoms with Gasteiger partial charge in [-0.2, -0.15) is 5.21 Å². The molecule has 2 aliphatic rings. The number of H-pyrrole nitrogens is 1. The van der Waals surface area contributed by atoms with Gasteiger partial charge in [-0.3, -0.25) is 9.69 Å². The van der Waals surface area contributed by atoms with Gasteiger partial charge in [0, 0.05) is 32.7 Å². The van der Waals surface area contributed by atoms with Gasteiger partial charge in [0.15, 0.2) is 5.82 Å². The first-order valence-electron chi connectivity index (χ1n) is 8.99. The minimum Gasteiger partial charge on any atom is -0.339 e. The van der Waals surface area contributed by atoms with E-state index in [0.29, 0.717) is 5.82 Å². The molecule has 0 radical (unpaired) electrons. The van der Waals surface area contributed by atoms with Gasteiger partial charge >= 0.3 is 0 Å². The second kappa shape index (κ2) is 6.55. The highest BCUT2D eigenvalue weighted by atomic mass is 16.2. The van der Waals surface area contributed by atoms with Gasteiger partial charge in [-0.05, 0) is 25.3 Å². The number of amides is 1. The molecular weight excluding hydrogens is 316 g/mol. The molecule has 0 spiro atoms. The molecule has 1 aliphatic carbocycles. The van der Waals surface area contributed by atoms with Crippen molar-refractivity contribution in [3.8, 4) is 0 Å². The minimum atomic E-state index is -0.536. The van der Waals surface area contributed by atoms with Crippen LogP contribution >= 0.6 is 0 Å². The van der Waals surface area contributed by atoms with Crippen LogP contribution < -0.4 is 0 Å². The average Bonchev–Trinajstić information content (AvgIpc) is 3.09. The van der Waals surface area contributed by atoms with Crippen molar-refractivity contribution in [1.29, 1.82) is 0 Å². The minimum absolute atomic E-state index is 0.176. The smallest absolute Gasteiger partial charge is 0.236 e. The van der Waals surface area contributed by atoms with Gasteiger partial charge in [0.1, 0.15) is 5.41 Å². The summed E-state index contributed by atoms with van der Waals surface area (Å²) >= 11 is 0. The van der Waals surface area contributed by atoms with Crippen LogP contribution in [0.25, 0.3) is 0 Å². The van der Waals surface area contributed by atoms with E-state index in [1.807, 2.05) is 4.90 Å². The standard InChI is InChI=1S/C18H24N6O/c1-14-4-2-5-15(12-14)13-23-8-10-24(11-9-23)17(25)18(6-3-7-18)16-19-21-22-20-16/h2,4-5,12H,3,6-11,13H2,1H3,(H,19,20,21,22). The van der Waals surface area contributed by atoms with E-state index in [-0.39, 0.29) is 5.91 Å². The van der Waals surface area contributed by atoms with Crippen molar-refractivity contribution in [1.82, 2.24) is 30.4 Å². The number of hydrogen-bond donors (Lipinski definition) is 1. The molecule has 132 valence electrons. The van der Waals surface area contributed by atoms with E-state index < -0.39 is 5.41 Å². The molecular formula is C18H24N6O. The van der Waals surface area contributed by atoms with Gasteiger partial charge in [0.2, 0.25) is 5.91 Å². The van der Waals surface area contributed by atoms with E-state index in [1.54, 1.807) is 0 Å². The van der Waals surface area contributed by atoms with Crippen LogP contribution in [0.3, 0.4) is 0 Å². The molecule has 1 N–H and O–H groups in total. The lowest BCUT2D eigenvalue weighted by Gasteiger charge is -2.43. The predicted molar refractivity (Wildman–Crippen MR) is 92.7 cm³/mol. The van der Waals surface area contributed by atoms with Crippen molar-refractivity contribution in [2.45, 2.75) is 38.1 Å². The molecule has 25 heavy (non-hydrogen) atoms. The number of nitrogens with one attached hydrogen (secondary N) is 1. The zero-order valence-corrected chi connectivity index (χ0v) is 14.6. The van der Waals surface area contributed by atoms with Crippen molar-refractivity contribution >= 4 is 5.91 Å². The molecule has 1 saturated carbocycles. The Labute approximate surface area is 147 Å². The molecule has 7 nitrogen and oxygen atoms in total. The van der Waals surface area contributed by atoms with Crippen LogP contribution in [0.4, 0.5) is 0 Å². The fraction of sp³-hybridized carbons (Fsp3) is 0.556. The summed E-state index contributed by atoms with van der Waals surface area (Å²) in [6, 6.07) is 8.63. The molecule has 2 heterocycles. The molecule has 0 unspecified atom stereocenters. The van der Waals surface area contributed by atoms with Crippen LogP contribution in [-0.2, 0) is 16.8 Å². The SMILES string of the molecule is Cc1cccc(CN2CCN(C(=O)C3(c4nn[nH]n4)CCC3)CC2)c1. The number of tetrazole rings is 1. The van der Waals surface area contributed by atoms with Gasteiger partial charge in [-0.25, -0.2) is 0 Å². The second-order valence-electron chi connectivity index (χ2n) is 7.23. The summed E-state index contributed by atoms with van der Waals surface area (Å²) in [5, 5.41) is 14.3. The number of aromatic nitrogens is 4. The van der Waals surface area contributed by atoms with Crippen LogP contribution in [-0.4, -0.2) is 62.5 Å². The summed E-state index contributed by atoms with van der Waals surface area (Å²) in [7, 11) is 0. The molecule has 1 aromatic heterocycles. The van der Waals surface area contributed by atoms with E-state index in [9.17, 15) is 4.79 Å². The summed E-state index contributed by atoms with van der Waals surface area (Å²) in [6.45, 7) is 6.41. The van der Waals surface area contributed by atoms with Crippen molar-refractivity contribution in [3.63, 3.8) is 0 Å². The lowest BCUT2D eigenvalue weighted by Crippen LogP contribution is -2.57. The predicted octanol–water partition coefficient (Wildman–Crippen LogP) is 1.27. The van der Waals surface area contributed by atoms with Crippen molar-refractivity contribution in [2.75, 3.05) is 26.2 Å². The number of nitrogens with zero attached hydrogens (tertiary/aromatic N) is 5. The van der Waals surface area contributed by atoms with Crippen LogP contribution in [0.5, 0.6) is 0 Å². The van der Waals surface area contributed by atoms with Gasteiger partial charge < -0.3 is 4.90 Å². The van der Waals surface area contributed by atoms with Crippen molar-refractivity contribution in [3.05, 3.63) is 41.2 Å². The first-order valence-corrected chi connectivity index (χ1v) is 8.99. The third-order valence-electron chi connectivity index (χ3n) is 5.54. The molecule has 2 aromatic rings. The molecule has 1 aromatic carbocycles. The highest BCUT2D eigenvalue weighted by molar-refractivity contribution is 5.88. The number of hydrogen-bond acceptors (Lipinski definition) is 5. The van der Waals surface area contributed by atoms with Gasteiger partial charge in [-0.15, -0.1) is 10.2 Å². The first-order chi connectivity index (χ1) is 12.2. The number of piperazine rings is 1. The van der Waals surface area contributed by atoms with Crippen LogP contribution in [0.15, 0.2) is 24.3 Å². The quantitative estimate of drug-likeness (QED) is 0.907. The Morgan fingerprint density at radius 1 is 1.24 bits per heavy atom. The second-order valence-corrected chi connectivity index (χ2v) is 7.23. The molecule has 4 rings (SSSR count). The Bertz CT molecular complexity index is 732. The van der Waals surface area contributed by atoms with E-state index in [4.69, 9.17) is 0 Å². The maximum atomic E-state index is 13.1. The van der Waals surface area contributed by atoms with E-state index in [1.165, 1.54) is 11.1 Å². The highest BCUT2D eigenvalue weighted by Crippen LogP contribution is 2.43. The summed E-state index contributed by atoms with van der Waals surface area (Å²) in [6.07, 6.45) is 2.71. The fourth-order valence-electron chi connectivity index (χ4n) is 3.91. The number of benzene rings is 1. The third-order valence-corrected chi connectivity index (χ3v) is 5.54. The summed E-state index contributed by atoms with van der Waals surface area (Å²) in [5.74, 6) is 0.737. The lowest BCUT2D eigenvalue weighted by atomic mass is 9.67. The Hall–Kier alpha value is -2.28. The Morgan fingerprint density at radius 2 is 2.04 bits per heavy atom. The molecule has 0 bridgehead atoms. The van der Waals surface area contributed by atoms with Gasteiger partial charge in [-0.1, -0.05) is 41.5 Å². The maximum absolute atomic E-state index is 13.1. The fourth-order valence-corrected chi connectivity index (χ4v) is 3.91. The molecule has 0 atom stereocenters. The van der Waals surface area contributed by atoms with E-state index in [2.05, 4.69) is 56.7 Å². The molecule has 1 amide bonds. The van der Waals surface area contributed by atoms with Crippen molar-refractivity contribution < 1.29 is 4.79 Å². The van der Waals surface area contributed by atoms with Crippen LogP contribution in [0.2, 0.25) is 0 Å². The van der Waals surface area contributed by atoms with Crippen LogP contribution in [0.1, 0.15) is 36.2 Å². The highest BCUT2D eigenvalue weighted by Gasteiger charge is 2.51. The summed E-state index contributed by atoms with van der Waals surface area (Å²) in [5.41, 5.74) is 2.09. The van der Waals surface area contributed by atoms with E-state index >= 15 is 0 Å². The van der Waals surface area contributed by atoms with Crippen molar-refractivity contribution in [2.24, 2.45) is 0 Å². The summed E-state index contributed by atoms with van der Waals surface area (Å²) in [4.78, 5) is 17.5. The first kappa shape index (κ1) is 16.2. The molecule has 1 aliphatic heterocycles. The molecule has 7 heteroatoms. The zero-order valence-electron chi connectivity index (χ0n) is 14.6. The monoisotopic (exact) mass is 340 g/mol. The van der Waals surface area contributed by atoms with Gasteiger partial charge in [0.05, 0.1) is 0 Å². The average molecular weight is 340 g/mol. The lowest BCUT2D eigenvalue weighted by molar-refractivity contribution is -0.143. The maximum Gasteiger partial charge on any atom is 0.236 e. The topological polar surface area (TPSA) is 78.0 Å². The Kier molecular flexibility index (Phi) is 4.25. The summed E-state index contributed by atoms with van der Waals surface area (Å²) < 4.78 is 0. The van der Waals surface area contributed by atoms with Gasteiger partial charge in [0.25, 0.3) is 0 Å². The normalized spacial score (nSPS) is 20.3. The number of aryl methyl sites for hydroxylation is 1. The Morgan fingerprint density at radius 3 is 2.64 bits per heavy atom. The molecule has 1 saturated heterocycles. The van der Waals surface area contributed by atoms with E-state index in [0.717, 1.165) is 52.0 Å². The number of rotatable bonds is 4. The number of aromatic amines is 1. The largest absolute Gasteiger partial charge is 0.339 e. The number of carbonyl (C=O) groups excluding carboxylic acids is 1.